The van der Waals surface area contributed by atoms with Crippen molar-refractivity contribution in [1.29, 1.82) is 0 Å². The van der Waals surface area contributed by atoms with Crippen molar-refractivity contribution in [3.8, 4) is 5.75 Å². The summed E-state index contributed by atoms with van der Waals surface area (Å²) in [5.74, 6) is -1.70. The number of carbonyl (C=O) groups is 2. The molecule has 1 amide bonds. The number of phenols is 1. The maximum absolute atomic E-state index is 11.8. The molecule has 0 aromatic heterocycles. The van der Waals surface area contributed by atoms with Gasteiger partial charge >= 0.3 is 0 Å². The van der Waals surface area contributed by atoms with E-state index in [1.54, 1.807) is 24.6 Å². The minimum atomic E-state index is -1.28. The van der Waals surface area contributed by atoms with Gasteiger partial charge < -0.3 is 30.4 Å². The Morgan fingerprint density at radius 1 is 1.48 bits per heavy atom. The second-order valence-electron chi connectivity index (χ2n) is 4.60. The largest absolute Gasteiger partial charge is 0.544 e. The van der Waals surface area contributed by atoms with Crippen molar-refractivity contribution in [2.45, 2.75) is 18.9 Å². The number of carboxylic acid groups (broad SMARTS) is 1. The van der Waals surface area contributed by atoms with E-state index in [-0.39, 0.29) is 12.2 Å². The van der Waals surface area contributed by atoms with Gasteiger partial charge in [0.1, 0.15) is 11.8 Å². The summed E-state index contributed by atoms with van der Waals surface area (Å²) >= 11 is 0. The molecule has 0 radical (unpaired) electrons. The molecule has 0 saturated heterocycles. The van der Waals surface area contributed by atoms with Crippen LogP contribution in [0.15, 0.2) is 24.3 Å². The molecule has 0 aliphatic heterocycles. The minimum absolute atomic E-state index is 0.0235. The van der Waals surface area contributed by atoms with E-state index in [0.717, 1.165) is 0 Å². The Labute approximate surface area is 122 Å². The SMILES string of the molecule is COCCC[NH2+][C@@H](CC(=O)Nc1cccc(O)c1)C(=O)[O-]. The van der Waals surface area contributed by atoms with Crippen LogP contribution >= 0.6 is 0 Å². The number of carboxylic acids is 1. The average Bonchev–Trinajstić information content (AvgIpc) is 2.42. The first-order valence-electron chi connectivity index (χ1n) is 6.65. The third kappa shape index (κ3) is 6.73. The fourth-order valence-corrected chi connectivity index (χ4v) is 1.81. The van der Waals surface area contributed by atoms with E-state index in [9.17, 15) is 19.8 Å². The van der Waals surface area contributed by atoms with Crippen molar-refractivity contribution in [3.63, 3.8) is 0 Å². The topological polar surface area (TPSA) is 115 Å². The van der Waals surface area contributed by atoms with Crippen LogP contribution in [0.4, 0.5) is 5.69 Å². The summed E-state index contributed by atoms with van der Waals surface area (Å²) in [4.78, 5) is 22.8. The molecule has 0 unspecified atom stereocenters. The predicted molar refractivity (Wildman–Crippen MR) is 73.4 cm³/mol. The van der Waals surface area contributed by atoms with Crippen molar-refractivity contribution in [2.75, 3.05) is 25.6 Å². The molecule has 4 N–H and O–H groups in total. The third-order valence-corrected chi connectivity index (χ3v) is 2.84. The number of nitrogens with one attached hydrogen (secondary N) is 1. The average molecular weight is 296 g/mol. The van der Waals surface area contributed by atoms with Crippen molar-refractivity contribution in [2.24, 2.45) is 0 Å². The third-order valence-electron chi connectivity index (χ3n) is 2.84. The van der Waals surface area contributed by atoms with Crippen LogP contribution in [0.3, 0.4) is 0 Å². The highest BCUT2D eigenvalue weighted by Gasteiger charge is 2.18. The molecule has 0 saturated carbocycles. The van der Waals surface area contributed by atoms with Gasteiger partial charge in [-0.15, -0.1) is 0 Å². The molecule has 0 fully saturated rings. The molecule has 0 aliphatic rings. The molecule has 0 heterocycles. The molecule has 1 aromatic rings. The normalized spacial score (nSPS) is 11.9. The van der Waals surface area contributed by atoms with Crippen LogP contribution in [0.1, 0.15) is 12.8 Å². The zero-order valence-corrected chi connectivity index (χ0v) is 11.9. The summed E-state index contributed by atoms with van der Waals surface area (Å²) in [7, 11) is 1.57. The zero-order chi connectivity index (χ0) is 15.7. The van der Waals surface area contributed by atoms with Gasteiger partial charge in [0, 0.05) is 25.3 Å². The summed E-state index contributed by atoms with van der Waals surface area (Å²) in [5.41, 5.74) is 0.413. The van der Waals surface area contributed by atoms with Gasteiger partial charge in [0.05, 0.1) is 25.5 Å². The summed E-state index contributed by atoms with van der Waals surface area (Å²) in [6, 6.07) is 5.10. The van der Waals surface area contributed by atoms with E-state index in [2.05, 4.69) is 5.32 Å². The van der Waals surface area contributed by atoms with E-state index >= 15 is 0 Å². The lowest BCUT2D eigenvalue weighted by Gasteiger charge is -2.16. The Hall–Kier alpha value is -2.12. The molecule has 0 aliphatic carbocycles. The van der Waals surface area contributed by atoms with Crippen LogP contribution in [0, 0.1) is 0 Å². The molecule has 1 atom stereocenters. The quantitative estimate of drug-likeness (QED) is 0.477. The van der Waals surface area contributed by atoms with E-state index in [1.807, 2.05) is 0 Å². The smallest absolute Gasteiger partial charge is 0.230 e. The highest BCUT2D eigenvalue weighted by molar-refractivity contribution is 5.93. The van der Waals surface area contributed by atoms with Crippen molar-refractivity contribution in [1.82, 2.24) is 0 Å². The maximum Gasteiger partial charge on any atom is 0.230 e. The van der Waals surface area contributed by atoms with Crippen molar-refractivity contribution in [3.05, 3.63) is 24.3 Å². The van der Waals surface area contributed by atoms with Crippen LogP contribution in [0.5, 0.6) is 5.75 Å². The van der Waals surface area contributed by atoms with Crippen LogP contribution < -0.4 is 15.7 Å². The molecular weight excluding hydrogens is 276 g/mol. The number of methoxy groups -OCH3 is 1. The molecule has 7 heteroatoms. The van der Waals surface area contributed by atoms with E-state index in [0.29, 0.717) is 25.3 Å². The summed E-state index contributed by atoms with van der Waals surface area (Å²) in [5, 5.41) is 24.4. The molecule has 1 aromatic carbocycles. The van der Waals surface area contributed by atoms with Crippen LogP contribution in [-0.2, 0) is 14.3 Å². The first-order chi connectivity index (χ1) is 10.0. The molecule has 7 nitrogen and oxygen atoms in total. The fourth-order valence-electron chi connectivity index (χ4n) is 1.81. The summed E-state index contributed by atoms with van der Waals surface area (Å²) < 4.78 is 4.87. The number of nitrogens with two attached hydrogens (primary N) is 1. The van der Waals surface area contributed by atoms with Gasteiger partial charge in [-0.3, -0.25) is 4.79 Å². The van der Waals surface area contributed by atoms with Gasteiger partial charge in [-0.1, -0.05) is 6.07 Å². The molecule has 1 rings (SSSR count). The Morgan fingerprint density at radius 2 is 2.24 bits per heavy atom. The molecule has 0 spiro atoms. The first-order valence-corrected chi connectivity index (χ1v) is 6.65. The molecule has 21 heavy (non-hydrogen) atoms. The highest BCUT2D eigenvalue weighted by atomic mass is 16.5. The van der Waals surface area contributed by atoms with Crippen LogP contribution in [-0.4, -0.2) is 43.3 Å². The Morgan fingerprint density at radius 3 is 2.86 bits per heavy atom. The van der Waals surface area contributed by atoms with Crippen LogP contribution in [0.25, 0.3) is 0 Å². The summed E-state index contributed by atoms with van der Waals surface area (Å²) in [6.07, 6.45) is 0.486. The van der Waals surface area contributed by atoms with Gasteiger partial charge in [-0.25, -0.2) is 0 Å². The lowest BCUT2D eigenvalue weighted by Crippen LogP contribution is -2.93. The predicted octanol–water partition coefficient (Wildman–Crippen LogP) is -1.56. The van der Waals surface area contributed by atoms with Crippen molar-refractivity contribution >= 4 is 17.6 Å². The molecule has 116 valence electrons. The van der Waals surface area contributed by atoms with Gasteiger partial charge in [0.25, 0.3) is 0 Å². The Bertz CT molecular complexity index is 478. The number of carbonyl (C=O) groups excluding carboxylic acids is 2. The van der Waals surface area contributed by atoms with Crippen LogP contribution in [0.2, 0.25) is 0 Å². The van der Waals surface area contributed by atoms with Gasteiger partial charge in [0.2, 0.25) is 5.91 Å². The fraction of sp³-hybridized carbons (Fsp3) is 0.429. The van der Waals surface area contributed by atoms with Gasteiger partial charge in [0.15, 0.2) is 0 Å². The first kappa shape index (κ1) is 16.9. The number of rotatable bonds is 9. The lowest BCUT2D eigenvalue weighted by atomic mass is 10.2. The number of aromatic hydroxyl groups is 1. The second kappa shape index (κ2) is 8.93. The monoisotopic (exact) mass is 296 g/mol. The lowest BCUT2D eigenvalue weighted by molar-refractivity contribution is -0.682. The number of aliphatic carboxylic acids is 1. The van der Waals surface area contributed by atoms with Gasteiger partial charge in [-0.05, 0) is 12.1 Å². The Balaban J connectivity index is 2.46. The molecule has 0 bridgehead atoms. The zero-order valence-electron chi connectivity index (χ0n) is 11.9. The second-order valence-corrected chi connectivity index (χ2v) is 4.60. The number of ether oxygens (including phenoxy) is 1. The number of anilines is 1. The van der Waals surface area contributed by atoms with E-state index < -0.39 is 17.9 Å². The number of amides is 1. The number of hydrogen-bond acceptors (Lipinski definition) is 5. The van der Waals surface area contributed by atoms with Gasteiger partial charge in [-0.2, -0.15) is 0 Å². The van der Waals surface area contributed by atoms with E-state index in [1.165, 1.54) is 12.1 Å². The molecular formula is C14H20N2O5. The highest BCUT2D eigenvalue weighted by Crippen LogP contribution is 2.15. The van der Waals surface area contributed by atoms with E-state index in [4.69, 9.17) is 4.74 Å². The Kier molecular flexibility index (Phi) is 7.20. The maximum atomic E-state index is 11.8. The summed E-state index contributed by atoms with van der Waals surface area (Å²) in [6.45, 7) is 1.07. The van der Waals surface area contributed by atoms with Crippen molar-refractivity contribution < 1.29 is 29.9 Å². The number of phenolic OH excluding ortho intramolecular Hbond substituents is 1. The minimum Gasteiger partial charge on any atom is -0.544 e. The number of hydrogen-bond donors (Lipinski definition) is 3. The number of quaternary nitrogens is 1. The number of benzene rings is 1. The standard InChI is InChI=1S/C14H20N2O5/c1-21-7-3-6-15-12(14(19)20)9-13(18)16-10-4-2-5-11(17)8-10/h2,4-5,8,12,15,17H,3,6-7,9H2,1H3,(H,16,18)(H,19,20)/t12-/m0/s1.